The minimum absolute atomic E-state index is 0.00734. The van der Waals surface area contributed by atoms with Gasteiger partial charge in [0.15, 0.2) is 0 Å². The summed E-state index contributed by atoms with van der Waals surface area (Å²) in [6.07, 6.45) is 2.17. The van der Waals surface area contributed by atoms with Crippen molar-refractivity contribution in [2.45, 2.75) is 188 Å². The second-order valence-electron chi connectivity index (χ2n) is 30.2. The van der Waals surface area contributed by atoms with Crippen LogP contribution in [-0.2, 0) is 41.7 Å². The van der Waals surface area contributed by atoms with E-state index < -0.39 is 78.6 Å². The van der Waals surface area contributed by atoms with E-state index in [1.165, 1.54) is 13.5 Å². The maximum atomic E-state index is 14.1. The van der Waals surface area contributed by atoms with Crippen molar-refractivity contribution in [3.05, 3.63) is 120 Å². The lowest BCUT2D eigenvalue weighted by Gasteiger charge is -2.62. The monoisotopic (exact) mass is 1510 g/mol. The molecule has 7 N–H and O–H groups in total. The van der Waals surface area contributed by atoms with Crippen LogP contribution in [0, 0.1) is 56.3 Å². The summed E-state index contributed by atoms with van der Waals surface area (Å²) in [6, 6.07) is 20.0. The Bertz CT molecular complexity index is 3680. The van der Waals surface area contributed by atoms with Gasteiger partial charge in [-0.15, -0.1) is 0 Å². The molecule has 2 bridgehead atoms. The Morgan fingerprint density at radius 2 is 1.25 bits per heavy atom. The van der Waals surface area contributed by atoms with Crippen LogP contribution < -0.4 is 35.8 Å². The van der Waals surface area contributed by atoms with Crippen LogP contribution in [0.2, 0.25) is 0 Å². The summed E-state index contributed by atoms with van der Waals surface area (Å²) in [7, 11) is 8.06. The van der Waals surface area contributed by atoms with E-state index in [1.807, 2.05) is 95.2 Å². The summed E-state index contributed by atoms with van der Waals surface area (Å²) >= 11 is 2.22. The number of carboxylic acid groups (broad SMARTS) is 2. The van der Waals surface area contributed by atoms with Crippen molar-refractivity contribution < 1.29 is 68.1 Å². The molecule has 4 aromatic rings. The zero-order valence-corrected chi connectivity index (χ0v) is 63.5. The molecule has 0 radical (unpaired) electrons. The van der Waals surface area contributed by atoms with Crippen LogP contribution in [0.1, 0.15) is 147 Å². The maximum absolute atomic E-state index is 14.1. The Hall–Kier alpha value is -6.95. The fourth-order valence-corrected chi connectivity index (χ4v) is 16.4. The summed E-state index contributed by atoms with van der Waals surface area (Å²) < 4.78 is 24.4. The average Bonchev–Trinajstić information content (AvgIpc) is 1.57. The molecule has 11 rings (SSSR count). The van der Waals surface area contributed by atoms with Crippen LogP contribution in [-0.4, -0.2) is 170 Å². The number of anilines is 2. The smallest absolute Gasteiger partial charge is 0.494 e. The van der Waals surface area contributed by atoms with E-state index in [0.717, 1.165) is 51.7 Å². The number of halogens is 1. The van der Waals surface area contributed by atoms with E-state index in [2.05, 4.69) is 100 Å². The van der Waals surface area contributed by atoms with Crippen LogP contribution in [0.4, 0.5) is 11.4 Å². The molecular formula is C73H104BIN12O14. The number of hydroxylamine groups is 4. The lowest BCUT2D eigenvalue weighted by molar-refractivity contribution is -0.176. The first-order valence-electron chi connectivity index (χ1n) is 34.9. The van der Waals surface area contributed by atoms with Crippen molar-refractivity contribution in [3.8, 4) is 22.6 Å². The number of nitrogens with zero attached hydrogens (tertiary/aromatic N) is 9. The Labute approximate surface area is 607 Å². The van der Waals surface area contributed by atoms with E-state index in [0.29, 0.717) is 75.6 Å². The maximum Gasteiger partial charge on any atom is 0.494 e. The number of aliphatic hydroxyl groups excluding tert-OH is 2. The van der Waals surface area contributed by atoms with Gasteiger partial charge in [0.1, 0.15) is 23.6 Å². The van der Waals surface area contributed by atoms with Crippen LogP contribution in [0.3, 0.4) is 0 Å². The first kappa shape index (κ1) is 79.8. The summed E-state index contributed by atoms with van der Waals surface area (Å²) in [5.41, 5.74) is 22.7. The summed E-state index contributed by atoms with van der Waals surface area (Å²) in [5.74, 6) is 0.561. The number of hydrogen-bond donors (Lipinski definition) is 7. The zero-order chi connectivity index (χ0) is 74.3. The number of methoxy groups -OCH3 is 2. The molecule has 28 heteroatoms. The summed E-state index contributed by atoms with van der Waals surface area (Å²) in [4.78, 5) is 71.2. The van der Waals surface area contributed by atoms with Crippen LogP contribution in [0.5, 0.6) is 11.5 Å². The third-order valence-electron chi connectivity index (χ3n) is 22.5. The molecular weight excluding hydrogens is 1410 g/mol. The van der Waals surface area contributed by atoms with E-state index in [-0.39, 0.29) is 54.7 Å². The zero-order valence-electron chi connectivity index (χ0n) is 61.4. The van der Waals surface area contributed by atoms with Gasteiger partial charge >= 0.3 is 19.1 Å². The van der Waals surface area contributed by atoms with Gasteiger partial charge in [0, 0.05) is 83.0 Å². The molecule has 2 amide bonds. The molecule has 3 heterocycles. The van der Waals surface area contributed by atoms with Crippen LogP contribution in [0.25, 0.3) is 32.0 Å². The Kier molecular flexibility index (Phi) is 26.6. The van der Waals surface area contributed by atoms with Gasteiger partial charge in [-0.05, 0) is 202 Å². The van der Waals surface area contributed by atoms with Crippen molar-refractivity contribution in [1.82, 2.24) is 20.8 Å². The minimum Gasteiger partial charge on any atom is -0.496 e. The van der Waals surface area contributed by atoms with Gasteiger partial charge in [-0.3, -0.25) is 19.3 Å². The second-order valence-corrected chi connectivity index (χ2v) is 31.3. The molecule has 0 unspecified atom stereocenters. The fraction of sp³-hybridized carbons (Fsp3) is 0.616. The molecule has 101 heavy (non-hydrogen) atoms. The Morgan fingerprint density at radius 1 is 0.723 bits per heavy atom. The van der Waals surface area contributed by atoms with E-state index >= 15 is 0 Å². The fourth-order valence-electron chi connectivity index (χ4n) is 15.6. The SMILES string of the molecule is CN(C)c1cc(B2OC(C)(C)C(C)(C)O2)cc(C(=O)O)c1.CNc1cc(C(=O)O)cc(-c2cccc(CN3O[C@@H](CN=[N+]=[N-])[C@@H]([C@H](C)O)[C@H]3C(=O)N[C@H]3C[C@H](C(C)C)CC[C@@H]3C)c2OC)c1.COc1c(I)cccc1CN1O[C@@H](CN=[N+]=[N-])[C@@H]([C@H](C)O)[C@H]1C(=O)N[C@H]1C[C@H]2C[C@@H]([C@@H]1C)C2(C)C. The molecule has 15 atom stereocenters. The third-order valence-corrected chi connectivity index (χ3v) is 23.3. The van der Waals surface area contributed by atoms with Crippen molar-refractivity contribution >= 4 is 70.3 Å². The number of amides is 2. The molecule has 7 fully saturated rings. The van der Waals surface area contributed by atoms with Gasteiger partial charge in [0.05, 0.1) is 90.7 Å². The lowest BCUT2D eigenvalue weighted by Crippen LogP contribution is -2.62. The highest BCUT2D eigenvalue weighted by Gasteiger charge is 2.58. The highest BCUT2D eigenvalue weighted by molar-refractivity contribution is 14.1. The summed E-state index contributed by atoms with van der Waals surface area (Å²) in [5, 5.41) is 60.8. The van der Waals surface area contributed by atoms with Gasteiger partial charge in [-0.25, -0.2) is 9.59 Å². The largest absolute Gasteiger partial charge is 0.496 e. The predicted molar refractivity (Wildman–Crippen MR) is 395 cm³/mol. The van der Waals surface area contributed by atoms with Gasteiger partial charge < -0.3 is 60.1 Å². The normalized spacial score (nSPS) is 27.5. The van der Waals surface area contributed by atoms with Crippen LogP contribution >= 0.6 is 22.6 Å². The van der Waals surface area contributed by atoms with E-state index in [4.69, 9.17) is 39.5 Å². The molecule has 3 aliphatic heterocycles. The first-order valence-corrected chi connectivity index (χ1v) is 36.0. The first-order chi connectivity index (χ1) is 47.6. The minimum atomic E-state index is -1.05. The predicted octanol–water partition coefficient (Wildman–Crippen LogP) is 11.5. The molecule has 550 valence electrons. The number of carbonyl (C=O) groups excluding carboxylic acids is 2. The second kappa shape index (κ2) is 33.7. The van der Waals surface area contributed by atoms with Gasteiger partial charge in [-0.2, -0.15) is 10.1 Å². The molecule has 3 saturated heterocycles. The number of azide groups is 2. The number of carboxylic acids is 2. The van der Waals surface area contributed by atoms with Crippen molar-refractivity contribution in [3.63, 3.8) is 0 Å². The van der Waals surface area contributed by atoms with E-state index in [9.17, 15) is 39.6 Å². The number of fused-ring (bicyclic) bond motifs is 2. The number of carbonyl (C=O) groups is 4. The molecule has 4 aromatic carbocycles. The standard InChI is InChI=1S/C33H46N6O6.C25H36IN5O4.C15H22BNO4/c1-18(2)21-11-10-19(3)27(15-21)37-32(41)30-29(20(4)40)28(16-36-38-34)45-39(30)17-22-8-7-9-26(31(22)44-6)23-12-24(33(42)43)14-25(13-23)35-5;1-13-17-9-16(25(17,3)4)10-19(13)29-24(33)22-21(14(2)32)20(11-28-30-27)35-31(22)12-15-7-6-8-18(26)23(15)34-5;1-14(2)15(3,4)21-16(20-14)11-7-10(13(18)19)8-12(9-11)17(5)6/h7-9,12-14,18-21,27-30,35,40H,10-11,15-17H2,1-6H3,(H,37,41)(H,42,43);6-8,13-14,16-17,19-22,32H,9-12H2,1-5H3,(H,29,33);7-9H,1-6H3,(H,18,19)/t19-,20-,21+,27-,28-,29+,30-;13-,14-,16+,17-,19-,20-,21+,22-;/m00./s1. The number of nitrogens with one attached hydrogen (secondary N) is 3. The number of para-hydroxylation sites is 2. The highest BCUT2D eigenvalue weighted by atomic mass is 127. The highest BCUT2D eigenvalue weighted by Crippen LogP contribution is 2.61. The number of aromatic carboxylic acids is 2. The van der Waals surface area contributed by atoms with Crippen molar-refractivity contribution in [2.24, 2.45) is 63.0 Å². The molecule has 26 nitrogen and oxygen atoms in total. The van der Waals surface area contributed by atoms with E-state index in [1.54, 1.807) is 62.4 Å². The van der Waals surface area contributed by atoms with Crippen molar-refractivity contribution in [1.29, 1.82) is 0 Å². The van der Waals surface area contributed by atoms with Gasteiger partial charge in [-0.1, -0.05) is 82.1 Å². The third kappa shape index (κ3) is 18.0. The number of hydrogen-bond acceptors (Lipinski definition) is 18. The topological polar surface area (TPSA) is 348 Å². The van der Waals surface area contributed by atoms with Crippen molar-refractivity contribution in [2.75, 3.05) is 58.7 Å². The number of rotatable bonds is 23. The molecule has 7 aliphatic rings. The lowest BCUT2D eigenvalue weighted by atomic mass is 9.45. The number of benzene rings is 4. The quantitative estimate of drug-likeness (QED) is 0.0119. The number of aliphatic hydroxyl groups is 2. The Morgan fingerprint density at radius 3 is 1.72 bits per heavy atom. The Balaban J connectivity index is 0.000000205. The average molecular weight is 1510 g/mol. The summed E-state index contributed by atoms with van der Waals surface area (Å²) in [6.45, 7) is 25.1. The molecule has 4 aliphatic carbocycles. The van der Waals surface area contributed by atoms with Gasteiger partial charge in [0.2, 0.25) is 11.8 Å². The van der Waals surface area contributed by atoms with Crippen LogP contribution in [0.15, 0.2) is 83.0 Å². The molecule has 4 saturated carbocycles. The molecule has 0 spiro atoms. The molecule has 0 aromatic heterocycles. The van der Waals surface area contributed by atoms with Gasteiger partial charge in [0.25, 0.3) is 0 Å². The number of ether oxygens (including phenoxy) is 2.